The molecule has 0 fully saturated rings. The highest BCUT2D eigenvalue weighted by atomic mass is 16.5. The first kappa shape index (κ1) is 23.7. The van der Waals surface area contributed by atoms with Crippen molar-refractivity contribution in [2.24, 2.45) is 0 Å². The Labute approximate surface area is 202 Å². The number of nitrogens with one attached hydrogen (secondary N) is 2. The molecule has 0 bridgehead atoms. The first-order valence-corrected chi connectivity index (χ1v) is 11.3. The molecule has 0 spiro atoms. The average molecular weight is 472 g/mol. The Bertz CT molecular complexity index is 1220. The lowest BCUT2D eigenvalue weighted by Crippen LogP contribution is -2.48. The summed E-state index contributed by atoms with van der Waals surface area (Å²) >= 11 is 0. The molecule has 178 valence electrons. The number of rotatable bonds is 9. The summed E-state index contributed by atoms with van der Waals surface area (Å²) in [6.07, 6.45) is 0.158. The van der Waals surface area contributed by atoms with Gasteiger partial charge in [-0.1, -0.05) is 48.5 Å². The van der Waals surface area contributed by atoms with Crippen molar-refractivity contribution in [3.05, 3.63) is 95.6 Å². The number of nitrogens with zero attached hydrogens (tertiary/aromatic N) is 1. The molecule has 3 aromatic rings. The minimum Gasteiger partial charge on any atom is -0.484 e. The number of hydrogen-bond acceptors (Lipinski definition) is 5. The quantitative estimate of drug-likeness (QED) is 0.467. The molecule has 0 saturated heterocycles. The van der Waals surface area contributed by atoms with E-state index in [2.05, 4.69) is 10.6 Å². The Morgan fingerprint density at radius 2 is 1.54 bits per heavy atom. The molecule has 0 saturated carbocycles. The number of carbonyl (C=O) groups is 4. The van der Waals surface area contributed by atoms with Crippen LogP contribution in [0.1, 0.15) is 33.2 Å². The SMILES string of the molecule is CCNC(=O)COc1cccc(NC(=O)C(Cc2ccccc2)N2C(=O)c3ccccc3C2=O)c1. The molecular weight excluding hydrogens is 446 g/mol. The zero-order valence-corrected chi connectivity index (χ0v) is 19.2. The Balaban J connectivity index is 1.56. The van der Waals surface area contributed by atoms with E-state index in [0.29, 0.717) is 18.0 Å². The van der Waals surface area contributed by atoms with Gasteiger partial charge in [0.15, 0.2) is 6.61 Å². The molecule has 4 amide bonds. The van der Waals surface area contributed by atoms with E-state index in [1.165, 1.54) is 0 Å². The summed E-state index contributed by atoms with van der Waals surface area (Å²) in [6.45, 7) is 2.16. The van der Waals surface area contributed by atoms with Gasteiger partial charge in [-0.2, -0.15) is 0 Å². The van der Waals surface area contributed by atoms with E-state index in [9.17, 15) is 19.2 Å². The van der Waals surface area contributed by atoms with E-state index in [1.807, 2.05) is 37.3 Å². The first-order valence-electron chi connectivity index (χ1n) is 11.3. The fourth-order valence-corrected chi connectivity index (χ4v) is 3.92. The summed E-state index contributed by atoms with van der Waals surface area (Å²) in [5, 5.41) is 5.44. The molecule has 35 heavy (non-hydrogen) atoms. The molecule has 1 unspecified atom stereocenters. The maximum atomic E-state index is 13.4. The first-order chi connectivity index (χ1) is 17.0. The maximum Gasteiger partial charge on any atom is 0.262 e. The molecule has 1 heterocycles. The second-order valence-electron chi connectivity index (χ2n) is 7.99. The van der Waals surface area contributed by atoms with E-state index in [1.54, 1.807) is 48.5 Å². The Hall–Kier alpha value is -4.46. The predicted molar refractivity (Wildman–Crippen MR) is 130 cm³/mol. The van der Waals surface area contributed by atoms with Crippen molar-refractivity contribution in [2.45, 2.75) is 19.4 Å². The highest BCUT2D eigenvalue weighted by Crippen LogP contribution is 2.27. The number of fused-ring (bicyclic) bond motifs is 1. The summed E-state index contributed by atoms with van der Waals surface area (Å²) in [5.74, 6) is -1.37. The molecule has 0 aromatic heterocycles. The second kappa shape index (κ2) is 10.6. The van der Waals surface area contributed by atoms with Crippen LogP contribution in [0.15, 0.2) is 78.9 Å². The van der Waals surface area contributed by atoms with Crippen LogP contribution in [0.4, 0.5) is 5.69 Å². The number of anilines is 1. The molecule has 8 heteroatoms. The van der Waals surface area contributed by atoms with Gasteiger partial charge in [0.1, 0.15) is 11.8 Å². The minimum absolute atomic E-state index is 0.156. The van der Waals surface area contributed by atoms with E-state index in [-0.39, 0.29) is 30.1 Å². The van der Waals surface area contributed by atoms with Crippen LogP contribution in [0.2, 0.25) is 0 Å². The van der Waals surface area contributed by atoms with Crippen LogP contribution in [-0.2, 0) is 16.0 Å². The second-order valence-corrected chi connectivity index (χ2v) is 7.99. The monoisotopic (exact) mass is 471 g/mol. The summed E-state index contributed by atoms with van der Waals surface area (Å²) in [4.78, 5) is 52.4. The molecule has 0 aliphatic carbocycles. The van der Waals surface area contributed by atoms with Gasteiger partial charge in [-0.15, -0.1) is 0 Å². The smallest absolute Gasteiger partial charge is 0.262 e. The zero-order valence-electron chi connectivity index (χ0n) is 19.2. The number of carbonyl (C=O) groups excluding carboxylic acids is 4. The van der Waals surface area contributed by atoms with Crippen molar-refractivity contribution in [3.8, 4) is 5.75 Å². The fourth-order valence-electron chi connectivity index (χ4n) is 3.92. The fraction of sp³-hybridized carbons (Fsp3) is 0.185. The minimum atomic E-state index is -1.07. The van der Waals surface area contributed by atoms with Gasteiger partial charge >= 0.3 is 0 Å². The van der Waals surface area contributed by atoms with E-state index < -0.39 is 23.8 Å². The normalized spacial score (nSPS) is 13.2. The predicted octanol–water partition coefficient (Wildman–Crippen LogP) is 3.05. The van der Waals surface area contributed by atoms with Crippen molar-refractivity contribution in [2.75, 3.05) is 18.5 Å². The van der Waals surface area contributed by atoms with Gasteiger partial charge in [-0.25, -0.2) is 0 Å². The van der Waals surface area contributed by atoms with Crippen molar-refractivity contribution < 1.29 is 23.9 Å². The third-order valence-electron chi connectivity index (χ3n) is 5.56. The zero-order chi connectivity index (χ0) is 24.8. The van der Waals surface area contributed by atoms with E-state index in [4.69, 9.17) is 4.74 Å². The van der Waals surface area contributed by atoms with Gasteiger partial charge in [0.25, 0.3) is 17.7 Å². The van der Waals surface area contributed by atoms with Crippen LogP contribution in [0.25, 0.3) is 0 Å². The number of amides is 4. The van der Waals surface area contributed by atoms with Crippen LogP contribution in [0.3, 0.4) is 0 Å². The molecule has 3 aromatic carbocycles. The average Bonchev–Trinajstić information content (AvgIpc) is 3.12. The molecular formula is C27H25N3O5. The lowest BCUT2D eigenvalue weighted by Gasteiger charge is -2.25. The van der Waals surface area contributed by atoms with E-state index >= 15 is 0 Å². The molecule has 8 nitrogen and oxygen atoms in total. The van der Waals surface area contributed by atoms with Crippen molar-refractivity contribution in [1.29, 1.82) is 0 Å². The Kier molecular flexibility index (Phi) is 7.21. The summed E-state index contributed by atoms with van der Waals surface area (Å²) in [7, 11) is 0. The van der Waals surface area contributed by atoms with Crippen molar-refractivity contribution in [3.63, 3.8) is 0 Å². The maximum absolute atomic E-state index is 13.4. The number of imide groups is 1. The van der Waals surface area contributed by atoms with Crippen LogP contribution in [0.5, 0.6) is 5.75 Å². The summed E-state index contributed by atoms with van der Waals surface area (Å²) in [5.41, 5.74) is 1.79. The number of likely N-dealkylation sites (N-methyl/N-ethyl adjacent to an activating group) is 1. The number of ether oxygens (including phenoxy) is 1. The topological polar surface area (TPSA) is 105 Å². The number of benzene rings is 3. The standard InChI is InChI=1S/C27H25N3O5/c1-2-28-24(31)17-35-20-12-8-11-19(16-20)29-25(32)23(15-18-9-4-3-5-10-18)30-26(33)21-13-6-7-14-22(21)27(30)34/h3-14,16,23H,2,15,17H2,1H3,(H,28,31)(H,29,32). The largest absolute Gasteiger partial charge is 0.484 e. The Morgan fingerprint density at radius 1 is 0.886 bits per heavy atom. The lowest BCUT2D eigenvalue weighted by atomic mass is 10.0. The van der Waals surface area contributed by atoms with Gasteiger partial charge in [0, 0.05) is 24.7 Å². The summed E-state index contributed by atoms with van der Waals surface area (Å²) < 4.78 is 5.49. The van der Waals surface area contributed by atoms with Gasteiger partial charge in [0.05, 0.1) is 11.1 Å². The molecule has 1 aliphatic heterocycles. The third kappa shape index (κ3) is 5.38. The van der Waals surface area contributed by atoms with Gasteiger partial charge < -0.3 is 15.4 Å². The molecule has 2 N–H and O–H groups in total. The lowest BCUT2D eigenvalue weighted by molar-refractivity contribution is -0.123. The van der Waals surface area contributed by atoms with Gasteiger partial charge in [0.2, 0.25) is 5.91 Å². The molecule has 0 radical (unpaired) electrons. The summed E-state index contributed by atoms with van der Waals surface area (Å²) in [6, 6.07) is 21.3. The van der Waals surface area contributed by atoms with Crippen LogP contribution < -0.4 is 15.4 Å². The van der Waals surface area contributed by atoms with Gasteiger partial charge in [-0.3, -0.25) is 24.1 Å². The molecule has 4 rings (SSSR count). The van der Waals surface area contributed by atoms with Crippen molar-refractivity contribution in [1.82, 2.24) is 10.2 Å². The van der Waals surface area contributed by atoms with Crippen LogP contribution in [-0.4, -0.2) is 47.7 Å². The van der Waals surface area contributed by atoms with Crippen LogP contribution in [0, 0.1) is 0 Å². The van der Waals surface area contributed by atoms with Crippen LogP contribution >= 0.6 is 0 Å². The highest BCUT2D eigenvalue weighted by molar-refractivity contribution is 6.23. The van der Waals surface area contributed by atoms with E-state index in [0.717, 1.165) is 10.5 Å². The molecule has 1 aliphatic rings. The number of hydrogen-bond donors (Lipinski definition) is 2. The van der Waals surface area contributed by atoms with Gasteiger partial charge in [-0.05, 0) is 36.8 Å². The third-order valence-corrected chi connectivity index (χ3v) is 5.56. The van der Waals surface area contributed by atoms with Crippen molar-refractivity contribution >= 4 is 29.3 Å². The molecule has 1 atom stereocenters. The Morgan fingerprint density at radius 3 is 2.20 bits per heavy atom. The highest BCUT2D eigenvalue weighted by Gasteiger charge is 2.42.